The predicted octanol–water partition coefficient (Wildman–Crippen LogP) is -0.151. The van der Waals surface area contributed by atoms with E-state index in [9.17, 15) is 16.8 Å². The molecule has 1 saturated heterocycles. The van der Waals surface area contributed by atoms with Gasteiger partial charge in [0.1, 0.15) is 12.2 Å². The van der Waals surface area contributed by atoms with Crippen molar-refractivity contribution in [1.82, 2.24) is 0 Å². The van der Waals surface area contributed by atoms with E-state index >= 15 is 0 Å². The summed E-state index contributed by atoms with van der Waals surface area (Å²) in [5, 5.41) is 0. The van der Waals surface area contributed by atoms with Gasteiger partial charge < -0.3 is 9.47 Å². The lowest BCUT2D eigenvalue weighted by Gasteiger charge is -2.15. The highest BCUT2D eigenvalue weighted by Crippen LogP contribution is 2.23. The number of ether oxygens (including phenoxy) is 2. The van der Waals surface area contributed by atoms with Gasteiger partial charge in [-0.3, -0.25) is 8.37 Å². The minimum atomic E-state index is -3.60. The standard InChI is InChI=1S/C10H20O8S2/c1-4-5-10-17-8(6-15-19(2,11)12)9(18-10)7-16-20(3,13)14/h8-10H,4-7H2,1-3H3/t8-,9-/m1/s1. The maximum Gasteiger partial charge on any atom is 0.264 e. The fraction of sp³-hybridized carbons (Fsp3) is 1.00. The van der Waals surface area contributed by atoms with E-state index in [0.29, 0.717) is 6.42 Å². The lowest BCUT2D eigenvalue weighted by atomic mass is 10.2. The van der Waals surface area contributed by atoms with E-state index in [-0.39, 0.29) is 13.2 Å². The number of hydrogen-bond acceptors (Lipinski definition) is 8. The molecule has 0 aliphatic carbocycles. The van der Waals surface area contributed by atoms with Crippen LogP contribution in [0.25, 0.3) is 0 Å². The second kappa shape index (κ2) is 7.14. The first-order chi connectivity index (χ1) is 9.11. The lowest BCUT2D eigenvalue weighted by molar-refractivity contribution is -0.0764. The van der Waals surface area contributed by atoms with Crippen LogP contribution in [-0.2, 0) is 38.1 Å². The SMILES string of the molecule is CCCC1O[C@H](COS(C)(=O)=O)[C@@H](COS(C)(=O)=O)O1. The zero-order valence-corrected chi connectivity index (χ0v) is 13.3. The maximum absolute atomic E-state index is 11.0. The Morgan fingerprint density at radius 3 is 1.60 bits per heavy atom. The average molecular weight is 332 g/mol. The molecule has 20 heavy (non-hydrogen) atoms. The minimum absolute atomic E-state index is 0.239. The summed E-state index contributed by atoms with van der Waals surface area (Å²) in [6.07, 6.45) is 1.38. The molecule has 0 radical (unpaired) electrons. The molecule has 1 rings (SSSR count). The van der Waals surface area contributed by atoms with Gasteiger partial charge in [0, 0.05) is 0 Å². The molecule has 10 heteroatoms. The fourth-order valence-electron chi connectivity index (χ4n) is 1.64. The first-order valence-corrected chi connectivity index (χ1v) is 9.73. The van der Waals surface area contributed by atoms with Crippen LogP contribution in [0.3, 0.4) is 0 Å². The van der Waals surface area contributed by atoms with Crippen molar-refractivity contribution in [2.75, 3.05) is 25.7 Å². The van der Waals surface area contributed by atoms with Gasteiger partial charge in [0.2, 0.25) is 0 Å². The molecular weight excluding hydrogens is 312 g/mol. The van der Waals surface area contributed by atoms with Gasteiger partial charge in [0.15, 0.2) is 6.29 Å². The van der Waals surface area contributed by atoms with E-state index in [4.69, 9.17) is 9.47 Å². The summed E-state index contributed by atoms with van der Waals surface area (Å²) < 4.78 is 64.2. The van der Waals surface area contributed by atoms with Gasteiger partial charge in [0.25, 0.3) is 20.2 Å². The molecule has 1 heterocycles. The Labute approximate surface area is 119 Å². The first-order valence-electron chi connectivity index (χ1n) is 6.10. The normalized spacial score (nSPS) is 25.1. The first kappa shape index (κ1) is 17.8. The monoisotopic (exact) mass is 332 g/mol. The molecule has 1 fully saturated rings. The Hall–Kier alpha value is -0.260. The molecule has 0 aromatic carbocycles. The second-order valence-corrected chi connectivity index (χ2v) is 7.83. The molecule has 1 aliphatic heterocycles. The molecule has 8 nitrogen and oxygen atoms in total. The molecule has 0 bridgehead atoms. The molecule has 0 aromatic rings. The van der Waals surface area contributed by atoms with Crippen LogP contribution in [0, 0.1) is 0 Å². The predicted molar refractivity (Wildman–Crippen MR) is 70.0 cm³/mol. The third-order valence-electron chi connectivity index (χ3n) is 2.48. The Kier molecular flexibility index (Phi) is 6.35. The molecule has 0 spiro atoms. The van der Waals surface area contributed by atoms with Gasteiger partial charge in [-0.1, -0.05) is 13.3 Å². The van der Waals surface area contributed by atoms with Crippen molar-refractivity contribution >= 4 is 20.2 Å². The van der Waals surface area contributed by atoms with Crippen molar-refractivity contribution in [2.45, 2.75) is 38.3 Å². The van der Waals surface area contributed by atoms with Crippen LogP contribution in [0.2, 0.25) is 0 Å². The van der Waals surface area contributed by atoms with Crippen molar-refractivity contribution in [3.05, 3.63) is 0 Å². The van der Waals surface area contributed by atoms with Gasteiger partial charge in [-0.05, 0) is 6.42 Å². The van der Waals surface area contributed by atoms with Crippen LogP contribution in [0.1, 0.15) is 19.8 Å². The van der Waals surface area contributed by atoms with Crippen LogP contribution >= 0.6 is 0 Å². The quantitative estimate of drug-likeness (QED) is 0.565. The van der Waals surface area contributed by atoms with E-state index in [2.05, 4.69) is 8.37 Å². The molecular formula is C10H20O8S2. The summed E-state index contributed by atoms with van der Waals surface area (Å²) in [6.45, 7) is 1.46. The molecule has 0 amide bonds. The van der Waals surface area contributed by atoms with Crippen LogP contribution in [-0.4, -0.2) is 61.1 Å². The fourth-order valence-corrected chi connectivity index (χ4v) is 2.41. The average Bonchev–Trinajstić information content (AvgIpc) is 2.65. The molecule has 0 N–H and O–H groups in total. The van der Waals surface area contributed by atoms with E-state index in [1.165, 1.54) is 0 Å². The highest BCUT2D eigenvalue weighted by atomic mass is 32.2. The zero-order chi connectivity index (χ0) is 15.4. The van der Waals surface area contributed by atoms with E-state index in [0.717, 1.165) is 18.9 Å². The van der Waals surface area contributed by atoms with Gasteiger partial charge >= 0.3 is 0 Å². The summed E-state index contributed by atoms with van der Waals surface area (Å²) in [5.41, 5.74) is 0. The third kappa shape index (κ3) is 6.95. The molecule has 0 saturated carbocycles. The van der Waals surface area contributed by atoms with E-state index in [1.807, 2.05) is 6.92 Å². The Morgan fingerprint density at radius 2 is 1.30 bits per heavy atom. The van der Waals surface area contributed by atoms with E-state index in [1.54, 1.807) is 0 Å². The lowest BCUT2D eigenvalue weighted by Crippen LogP contribution is -2.33. The van der Waals surface area contributed by atoms with Gasteiger partial charge in [-0.25, -0.2) is 0 Å². The van der Waals surface area contributed by atoms with Crippen LogP contribution < -0.4 is 0 Å². The largest absolute Gasteiger partial charge is 0.344 e. The van der Waals surface area contributed by atoms with Crippen molar-refractivity contribution in [2.24, 2.45) is 0 Å². The second-order valence-electron chi connectivity index (χ2n) is 4.54. The maximum atomic E-state index is 11.0. The van der Waals surface area contributed by atoms with Crippen LogP contribution in [0.5, 0.6) is 0 Å². The highest BCUT2D eigenvalue weighted by Gasteiger charge is 2.37. The van der Waals surface area contributed by atoms with Crippen LogP contribution in [0.4, 0.5) is 0 Å². The summed E-state index contributed by atoms with van der Waals surface area (Å²) in [5.74, 6) is 0. The summed E-state index contributed by atoms with van der Waals surface area (Å²) in [4.78, 5) is 0. The Balaban J connectivity index is 2.61. The number of rotatable bonds is 8. The third-order valence-corrected chi connectivity index (χ3v) is 3.61. The van der Waals surface area contributed by atoms with Crippen molar-refractivity contribution in [1.29, 1.82) is 0 Å². The Bertz CT molecular complexity index is 453. The summed E-state index contributed by atoms with van der Waals surface area (Å²) in [6, 6.07) is 0. The van der Waals surface area contributed by atoms with Gasteiger partial charge in [0.05, 0.1) is 25.7 Å². The van der Waals surface area contributed by atoms with Gasteiger partial charge in [-0.2, -0.15) is 16.8 Å². The summed E-state index contributed by atoms with van der Waals surface area (Å²) >= 11 is 0. The van der Waals surface area contributed by atoms with Crippen molar-refractivity contribution in [3.63, 3.8) is 0 Å². The molecule has 0 aromatic heterocycles. The number of hydrogen-bond donors (Lipinski definition) is 0. The van der Waals surface area contributed by atoms with Gasteiger partial charge in [-0.15, -0.1) is 0 Å². The topological polar surface area (TPSA) is 105 Å². The molecule has 1 aliphatic rings. The van der Waals surface area contributed by atoms with Crippen LogP contribution in [0.15, 0.2) is 0 Å². The van der Waals surface area contributed by atoms with Crippen molar-refractivity contribution < 1.29 is 34.7 Å². The molecule has 2 atom stereocenters. The minimum Gasteiger partial charge on any atom is -0.344 e. The zero-order valence-electron chi connectivity index (χ0n) is 11.6. The molecule has 0 unspecified atom stereocenters. The smallest absolute Gasteiger partial charge is 0.264 e. The van der Waals surface area contributed by atoms with E-state index < -0.39 is 38.7 Å². The Morgan fingerprint density at radius 1 is 0.900 bits per heavy atom. The molecule has 120 valence electrons. The van der Waals surface area contributed by atoms with Crippen molar-refractivity contribution in [3.8, 4) is 0 Å². The summed E-state index contributed by atoms with van der Waals surface area (Å²) in [7, 11) is -7.21. The highest BCUT2D eigenvalue weighted by molar-refractivity contribution is 7.86.